The Balaban J connectivity index is 3.54. The minimum absolute atomic E-state index is 0.0537. The molecule has 0 aliphatic rings. The molecule has 0 bridgehead atoms. The first-order valence-corrected chi connectivity index (χ1v) is 4.41. The van der Waals surface area contributed by atoms with Crippen LogP contribution in [0.25, 0.3) is 0 Å². The molecule has 0 N–H and O–H groups in total. The van der Waals surface area contributed by atoms with E-state index in [1.165, 1.54) is 6.07 Å². The Morgan fingerprint density at radius 1 is 1.00 bits per heavy atom. The van der Waals surface area contributed by atoms with Crippen LogP contribution in [0.15, 0.2) is 12.1 Å². The second-order valence-electron chi connectivity index (χ2n) is 3.31. The second-order valence-corrected chi connectivity index (χ2v) is 3.31. The van der Waals surface area contributed by atoms with Crippen LogP contribution in [-0.2, 0) is 18.8 Å². The van der Waals surface area contributed by atoms with Gasteiger partial charge in [-0.2, -0.15) is 31.6 Å². The van der Waals surface area contributed by atoms with Crippen molar-refractivity contribution in [3.8, 4) is 6.07 Å². The fourth-order valence-corrected chi connectivity index (χ4v) is 1.31. The molecule has 0 heterocycles. The van der Waals surface area contributed by atoms with Crippen molar-refractivity contribution in [1.82, 2.24) is 0 Å². The van der Waals surface area contributed by atoms with Gasteiger partial charge >= 0.3 is 12.4 Å². The number of halogens is 7. The summed E-state index contributed by atoms with van der Waals surface area (Å²) in [6.45, 7) is 0. The molecule has 1 rings (SSSR count). The van der Waals surface area contributed by atoms with Gasteiger partial charge in [0.2, 0.25) is 0 Å². The first-order valence-electron chi connectivity index (χ1n) is 4.41. The molecule has 0 amide bonds. The number of nitriles is 1. The van der Waals surface area contributed by atoms with Crippen LogP contribution in [-0.4, -0.2) is 0 Å². The Labute approximate surface area is 96.4 Å². The summed E-state index contributed by atoms with van der Waals surface area (Å²) in [5.41, 5.74) is -4.61. The van der Waals surface area contributed by atoms with E-state index < -0.39 is 41.3 Å². The summed E-state index contributed by atoms with van der Waals surface area (Å²) in [6.07, 6.45) is -11.2. The molecule has 0 aromatic heterocycles. The highest BCUT2D eigenvalue weighted by Crippen LogP contribution is 2.38. The first kappa shape index (κ1) is 14.3. The molecule has 0 fully saturated rings. The van der Waals surface area contributed by atoms with Gasteiger partial charge in [-0.25, -0.2) is 4.39 Å². The summed E-state index contributed by atoms with van der Waals surface area (Å²) < 4.78 is 87.4. The number of hydrogen-bond donors (Lipinski definition) is 0. The Morgan fingerprint density at radius 2 is 1.56 bits per heavy atom. The van der Waals surface area contributed by atoms with Crippen molar-refractivity contribution in [2.75, 3.05) is 0 Å². The molecular formula is C10H4F7N. The number of rotatable bonds is 1. The first-order chi connectivity index (χ1) is 8.07. The summed E-state index contributed by atoms with van der Waals surface area (Å²) in [4.78, 5) is 0. The van der Waals surface area contributed by atoms with E-state index in [0.717, 1.165) is 0 Å². The zero-order valence-electron chi connectivity index (χ0n) is 8.45. The lowest BCUT2D eigenvalue weighted by Gasteiger charge is -2.15. The molecule has 0 aliphatic carbocycles. The van der Waals surface area contributed by atoms with Crippen molar-refractivity contribution in [2.45, 2.75) is 18.8 Å². The molecule has 0 saturated heterocycles. The molecule has 1 aromatic carbocycles. The molecule has 98 valence electrons. The van der Waals surface area contributed by atoms with Gasteiger partial charge in [0, 0.05) is 5.56 Å². The van der Waals surface area contributed by atoms with Gasteiger partial charge < -0.3 is 0 Å². The van der Waals surface area contributed by atoms with Crippen molar-refractivity contribution in [3.05, 3.63) is 34.6 Å². The van der Waals surface area contributed by atoms with Crippen molar-refractivity contribution < 1.29 is 30.7 Å². The van der Waals surface area contributed by atoms with Crippen LogP contribution in [0, 0.1) is 17.1 Å². The molecular weight excluding hydrogens is 267 g/mol. The number of benzene rings is 1. The lowest BCUT2D eigenvalue weighted by molar-refractivity contribution is -0.143. The average molecular weight is 271 g/mol. The van der Waals surface area contributed by atoms with E-state index in [0.29, 0.717) is 0 Å². The van der Waals surface area contributed by atoms with Crippen LogP contribution in [0.5, 0.6) is 0 Å². The van der Waals surface area contributed by atoms with Crippen molar-refractivity contribution in [3.63, 3.8) is 0 Å². The van der Waals surface area contributed by atoms with E-state index in [9.17, 15) is 30.7 Å². The third kappa shape index (κ3) is 2.91. The topological polar surface area (TPSA) is 23.8 Å². The molecule has 0 aliphatic heterocycles. The molecule has 1 aromatic rings. The monoisotopic (exact) mass is 271 g/mol. The maximum Gasteiger partial charge on any atom is 0.416 e. The minimum atomic E-state index is -5.16. The van der Waals surface area contributed by atoms with E-state index in [-0.39, 0.29) is 12.1 Å². The van der Waals surface area contributed by atoms with Crippen molar-refractivity contribution in [2.24, 2.45) is 0 Å². The van der Waals surface area contributed by atoms with Crippen molar-refractivity contribution >= 4 is 0 Å². The minimum Gasteiger partial charge on any atom is -0.207 e. The van der Waals surface area contributed by atoms with Gasteiger partial charge in [0.05, 0.1) is 23.6 Å². The summed E-state index contributed by atoms with van der Waals surface area (Å²) in [5, 5.41) is 8.26. The van der Waals surface area contributed by atoms with Gasteiger partial charge in [0.25, 0.3) is 0 Å². The number of hydrogen-bond acceptors (Lipinski definition) is 1. The number of nitrogens with zero attached hydrogens (tertiary/aromatic N) is 1. The van der Waals surface area contributed by atoms with Crippen LogP contribution in [0.1, 0.15) is 16.7 Å². The highest BCUT2D eigenvalue weighted by Gasteiger charge is 2.39. The van der Waals surface area contributed by atoms with Gasteiger partial charge in [-0.1, -0.05) is 0 Å². The second kappa shape index (κ2) is 4.48. The maximum absolute atomic E-state index is 13.2. The molecule has 0 radical (unpaired) electrons. The van der Waals surface area contributed by atoms with E-state index in [1.54, 1.807) is 0 Å². The van der Waals surface area contributed by atoms with Crippen LogP contribution < -0.4 is 0 Å². The Kier molecular flexibility index (Phi) is 3.55. The van der Waals surface area contributed by atoms with Crippen molar-refractivity contribution in [1.29, 1.82) is 5.26 Å². The maximum atomic E-state index is 13.2. The third-order valence-corrected chi connectivity index (χ3v) is 2.08. The molecule has 0 spiro atoms. The van der Waals surface area contributed by atoms with Gasteiger partial charge in [-0.05, 0) is 12.1 Å². The quantitative estimate of drug-likeness (QED) is 0.710. The van der Waals surface area contributed by atoms with Crippen LogP contribution >= 0.6 is 0 Å². The Hall–Kier alpha value is -1.78. The highest BCUT2D eigenvalue weighted by atomic mass is 19.4. The van der Waals surface area contributed by atoms with E-state index >= 15 is 0 Å². The molecule has 1 nitrogen and oxygen atoms in total. The zero-order valence-corrected chi connectivity index (χ0v) is 8.45. The molecule has 0 atom stereocenters. The number of alkyl halides is 6. The molecule has 0 unspecified atom stereocenters. The summed E-state index contributed by atoms with van der Waals surface area (Å²) >= 11 is 0. The SMILES string of the molecule is N#CCc1c(F)cc(C(F)(F)F)cc1C(F)(F)F. The van der Waals surface area contributed by atoms with Gasteiger partial charge in [-0.15, -0.1) is 0 Å². The lowest BCUT2D eigenvalue weighted by Crippen LogP contribution is -2.15. The normalized spacial score (nSPS) is 12.3. The van der Waals surface area contributed by atoms with Crippen LogP contribution in [0.3, 0.4) is 0 Å². The fraction of sp³-hybridized carbons (Fsp3) is 0.300. The summed E-state index contributed by atoms with van der Waals surface area (Å²) in [5.74, 6) is -1.70. The lowest BCUT2D eigenvalue weighted by atomic mass is 10.00. The summed E-state index contributed by atoms with van der Waals surface area (Å²) in [7, 11) is 0. The standard InChI is InChI=1S/C10H4F7N/c11-8-4-5(9(12,13)14)3-7(10(15,16)17)6(8)1-2-18/h3-4H,1H2. The molecule has 18 heavy (non-hydrogen) atoms. The predicted molar refractivity (Wildman–Crippen MR) is 45.7 cm³/mol. The average Bonchev–Trinajstić information content (AvgIpc) is 2.17. The molecule has 8 heteroatoms. The Morgan fingerprint density at radius 3 is 1.94 bits per heavy atom. The molecule has 0 saturated carbocycles. The summed E-state index contributed by atoms with van der Waals surface area (Å²) in [6, 6.07) is 1.02. The fourth-order valence-electron chi connectivity index (χ4n) is 1.31. The van der Waals surface area contributed by atoms with Crippen LogP contribution in [0.4, 0.5) is 30.7 Å². The highest BCUT2D eigenvalue weighted by molar-refractivity contribution is 5.38. The smallest absolute Gasteiger partial charge is 0.207 e. The third-order valence-electron chi connectivity index (χ3n) is 2.08. The van der Waals surface area contributed by atoms with Gasteiger partial charge in [0.15, 0.2) is 0 Å². The zero-order chi connectivity index (χ0) is 14.1. The van der Waals surface area contributed by atoms with E-state index in [1.807, 2.05) is 0 Å². The Bertz CT molecular complexity index is 493. The van der Waals surface area contributed by atoms with E-state index in [2.05, 4.69) is 0 Å². The predicted octanol–water partition coefficient (Wildman–Crippen LogP) is 3.93. The van der Waals surface area contributed by atoms with Crippen LogP contribution in [0.2, 0.25) is 0 Å². The van der Waals surface area contributed by atoms with Gasteiger partial charge in [0.1, 0.15) is 5.82 Å². The van der Waals surface area contributed by atoms with Gasteiger partial charge in [-0.3, -0.25) is 0 Å². The van der Waals surface area contributed by atoms with E-state index in [4.69, 9.17) is 5.26 Å². The largest absolute Gasteiger partial charge is 0.416 e.